The topological polar surface area (TPSA) is 65.7 Å². The molecule has 7 heteroatoms. The lowest BCUT2D eigenvalue weighted by atomic mass is 10.1. The molecule has 0 aliphatic carbocycles. The molecule has 0 aliphatic heterocycles. The second-order valence-electron chi connectivity index (χ2n) is 4.67. The van der Waals surface area contributed by atoms with Crippen molar-refractivity contribution >= 4 is 23.6 Å². The van der Waals surface area contributed by atoms with Crippen molar-refractivity contribution in [3.8, 4) is 22.8 Å². The molecule has 5 nitrogen and oxygen atoms in total. The number of halogens is 1. The zero-order valence-electron chi connectivity index (χ0n) is 12.4. The van der Waals surface area contributed by atoms with Crippen molar-refractivity contribution < 1.29 is 27.9 Å². The maximum Gasteiger partial charge on any atom is 0.351 e. The molecule has 24 heavy (non-hydrogen) atoms. The molecule has 0 atom stereocenters. The minimum Gasteiger partial charge on any atom is -0.465 e. The van der Waals surface area contributed by atoms with Gasteiger partial charge in [0, 0.05) is 0 Å². The minimum atomic E-state index is -0.523. The summed E-state index contributed by atoms with van der Waals surface area (Å²) in [5.41, 5.74) is 0.324. The molecule has 0 fully saturated rings. The van der Waals surface area contributed by atoms with E-state index in [1.165, 1.54) is 42.7 Å². The SMILES string of the molecule is COC(=O)c1sccc1Oc1ccc(F)cc1-c1ccc(C=O)o1. The maximum absolute atomic E-state index is 13.6. The Labute approximate surface area is 140 Å². The number of hydrogen-bond acceptors (Lipinski definition) is 6. The summed E-state index contributed by atoms with van der Waals surface area (Å²) in [4.78, 5) is 22.8. The van der Waals surface area contributed by atoms with E-state index in [-0.39, 0.29) is 17.3 Å². The van der Waals surface area contributed by atoms with Gasteiger partial charge in [-0.25, -0.2) is 9.18 Å². The molecule has 0 unspecified atom stereocenters. The van der Waals surface area contributed by atoms with Crippen LogP contribution in [0, 0.1) is 5.82 Å². The van der Waals surface area contributed by atoms with Gasteiger partial charge < -0.3 is 13.9 Å². The van der Waals surface area contributed by atoms with E-state index in [9.17, 15) is 14.0 Å². The van der Waals surface area contributed by atoms with Crippen LogP contribution in [-0.4, -0.2) is 19.4 Å². The molecular formula is C17H11FO5S. The molecule has 2 aromatic heterocycles. The van der Waals surface area contributed by atoms with E-state index in [1.54, 1.807) is 17.5 Å². The first-order valence-electron chi connectivity index (χ1n) is 6.81. The number of carbonyl (C=O) groups is 2. The van der Waals surface area contributed by atoms with E-state index in [0.29, 0.717) is 22.5 Å². The Morgan fingerprint density at radius 1 is 1.21 bits per heavy atom. The molecule has 0 saturated heterocycles. The maximum atomic E-state index is 13.6. The molecule has 0 radical (unpaired) electrons. The Hall–Kier alpha value is -2.93. The van der Waals surface area contributed by atoms with Gasteiger partial charge in [-0.15, -0.1) is 11.3 Å². The molecule has 2 heterocycles. The van der Waals surface area contributed by atoms with Crippen LogP contribution in [-0.2, 0) is 4.74 Å². The van der Waals surface area contributed by atoms with Gasteiger partial charge in [-0.05, 0) is 41.8 Å². The fraction of sp³-hybridized carbons (Fsp3) is 0.0588. The van der Waals surface area contributed by atoms with Crippen molar-refractivity contribution in [1.29, 1.82) is 0 Å². The fourth-order valence-corrected chi connectivity index (χ4v) is 2.82. The highest BCUT2D eigenvalue weighted by Gasteiger charge is 2.18. The molecule has 0 spiro atoms. The zero-order valence-corrected chi connectivity index (χ0v) is 13.3. The summed E-state index contributed by atoms with van der Waals surface area (Å²) in [5, 5.41) is 1.68. The first-order valence-corrected chi connectivity index (χ1v) is 7.69. The van der Waals surface area contributed by atoms with Gasteiger partial charge >= 0.3 is 5.97 Å². The average molecular weight is 346 g/mol. The highest BCUT2D eigenvalue weighted by molar-refractivity contribution is 7.12. The van der Waals surface area contributed by atoms with Crippen molar-refractivity contribution in [2.45, 2.75) is 0 Å². The number of hydrogen-bond donors (Lipinski definition) is 0. The number of benzene rings is 1. The Morgan fingerprint density at radius 2 is 2.04 bits per heavy atom. The number of ether oxygens (including phenoxy) is 2. The van der Waals surface area contributed by atoms with Gasteiger partial charge in [0.2, 0.25) is 0 Å². The van der Waals surface area contributed by atoms with Crippen LogP contribution in [0.25, 0.3) is 11.3 Å². The van der Waals surface area contributed by atoms with Crippen LogP contribution in [0.4, 0.5) is 4.39 Å². The molecule has 0 saturated carbocycles. The Balaban J connectivity index is 2.01. The van der Waals surface area contributed by atoms with Crippen molar-refractivity contribution in [2.24, 2.45) is 0 Å². The third-order valence-corrected chi connectivity index (χ3v) is 4.05. The molecule has 0 amide bonds. The van der Waals surface area contributed by atoms with Crippen molar-refractivity contribution in [3.63, 3.8) is 0 Å². The molecule has 0 aliphatic rings. The van der Waals surface area contributed by atoms with Gasteiger partial charge in [0.15, 0.2) is 22.7 Å². The van der Waals surface area contributed by atoms with Gasteiger partial charge in [-0.2, -0.15) is 0 Å². The van der Waals surface area contributed by atoms with E-state index in [2.05, 4.69) is 0 Å². The average Bonchev–Trinajstić information content (AvgIpc) is 3.25. The van der Waals surface area contributed by atoms with Crippen LogP contribution in [0.2, 0.25) is 0 Å². The summed E-state index contributed by atoms with van der Waals surface area (Å²) in [7, 11) is 1.28. The highest BCUT2D eigenvalue weighted by Crippen LogP contribution is 2.37. The standard InChI is InChI=1S/C17H11FO5S/c1-21-17(20)16-15(6-7-24-16)23-14-4-2-10(18)8-12(14)13-5-3-11(9-19)22-13/h2-9H,1H3. The summed E-state index contributed by atoms with van der Waals surface area (Å²) in [6.45, 7) is 0. The van der Waals surface area contributed by atoms with Crippen molar-refractivity contribution in [2.75, 3.05) is 7.11 Å². The second-order valence-corrected chi connectivity index (χ2v) is 5.58. The van der Waals surface area contributed by atoms with Crippen LogP contribution in [0.1, 0.15) is 20.2 Å². The van der Waals surface area contributed by atoms with E-state index in [1.807, 2.05) is 0 Å². The predicted octanol–water partition coefficient (Wildman–Crippen LogP) is 4.54. The monoisotopic (exact) mass is 346 g/mol. The van der Waals surface area contributed by atoms with Crippen molar-refractivity contribution in [3.05, 3.63) is 58.2 Å². The number of esters is 1. The zero-order chi connectivity index (χ0) is 17.1. The molecule has 122 valence electrons. The quantitative estimate of drug-likeness (QED) is 0.501. The minimum absolute atomic E-state index is 0.117. The molecule has 0 bridgehead atoms. The lowest BCUT2D eigenvalue weighted by molar-refractivity contribution is 0.0603. The lowest BCUT2D eigenvalue weighted by Crippen LogP contribution is -2.00. The Bertz CT molecular complexity index is 896. The van der Waals surface area contributed by atoms with Gasteiger partial charge in [-0.3, -0.25) is 4.79 Å². The number of carbonyl (C=O) groups excluding carboxylic acids is 2. The van der Waals surface area contributed by atoms with Crippen LogP contribution in [0.5, 0.6) is 11.5 Å². The van der Waals surface area contributed by atoms with E-state index < -0.39 is 11.8 Å². The third kappa shape index (κ3) is 3.07. The molecule has 1 aromatic carbocycles. The first kappa shape index (κ1) is 15.9. The van der Waals surface area contributed by atoms with Crippen molar-refractivity contribution in [1.82, 2.24) is 0 Å². The summed E-state index contributed by atoms with van der Waals surface area (Å²) < 4.78 is 29.4. The third-order valence-electron chi connectivity index (χ3n) is 3.17. The summed E-state index contributed by atoms with van der Waals surface area (Å²) in [6, 6.07) is 8.51. The van der Waals surface area contributed by atoms with Crippen LogP contribution < -0.4 is 4.74 Å². The lowest BCUT2D eigenvalue weighted by Gasteiger charge is -2.10. The summed E-state index contributed by atoms with van der Waals surface area (Å²) in [6.07, 6.45) is 0.553. The molecule has 3 aromatic rings. The van der Waals surface area contributed by atoms with Crippen LogP contribution >= 0.6 is 11.3 Å². The smallest absolute Gasteiger partial charge is 0.351 e. The van der Waals surface area contributed by atoms with Crippen LogP contribution in [0.3, 0.4) is 0 Å². The molecule has 0 N–H and O–H groups in total. The fourth-order valence-electron chi connectivity index (χ4n) is 2.08. The first-order chi connectivity index (χ1) is 11.6. The summed E-state index contributed by atoms with van der Waals surface area (Å²) in [5.74, 6) is -0.0362. The molecule has 3 rings (SSSR count). The Kier molecular flexibility index (Phi) is 4.43. The second kappa shape index (κ2) is 6.67. The highest BCUT2D eigenvalue weighted by atomic mass is 32.1. The van der Waals surface area contributed by atoms with E-state index in [0.717, 1.165) is 0 Å². The van der Waals surface area contributed by atoms with Gasteiger partial charge in [0.05, 0.1) is 12.7 Å². The number of methoxy groups -OCH3 is 1. The van der Waals surface area contributed by atoms with E-state index in [4.69, 9.17) is 13.9 Å². The van der Waals surface area contributed by atoms with Gasteiger partial charge in [0.25, 0.3) is 0 Å². The van der Waals surface area contributed by atoms with Crippen LogP contribution in [0.15, 0.2) is 46.2 Å². The normalized spacial score (nSPS) is 10.4. The molecular weight excluding hydrogens is 335 g/mol. The van der Waals surface area contributed by atoms with Gasteiger partial charge in [-0.1, -0.05) is 0 Å². The largest absolute Gasteiger partial charge is 0.465 e. The summed E-state index contributed by atoms with van der Waals surface area (Å²) >= 11 is 1.17. The van der Waals surface area contributed by atoms with Gasteiger partial charge in [0.1, 0.15) is 17.3 Å². The predicted molar refractivity (Wildman–Crippen MR) is 85.2 cm³/mol. The van der Waals surface area contributed by atoms with E-state index >= 15 is 0 Å². The Morgan fingerprint density at radius 3 is 2.75 bits per heavy atom. The number of aldehydes is 1. The number of furan rings is 1. The number of rotatable bonds is 5. The number of thiophene rings is 1.